The van der Waals surface area contributed by atoms with Gasteiger partial charge in [-0.1, -0.05) is 0 Å². The zero-order chi connectivity index (χ0) is 27.0. The summed E-state index contributed by atoms with van der Waals surface area (Å²) in [5.41, 5.74) is 2.62. The maximum atomic E-state index is 14.6. The van der Waals surface area contributed by atoms with Gasteiger partial charge in [0, 0.05) is 38.1 Å². The van der Waals surface area contributed by atoms with Crippen molar-refractivity contribution in [2.24, 2.45) is 5.10 Å². The number of ether oxygens (including phenoxy) is 1. The van der Waals surface area contributed by atoms with Gasteiger partial charge in [0.15, 0.2) is 17.4 Å². The topological polar surface area (TPSA) is 142 Å². The molecule has 194 valence electrons. The van der Waals surface area contributed by atoms with Gasteiger partial charge in [0.25, 0.3) is 5.91 Å². The fourth-order valence-electron chi connectivity index (χ4n) is 4.51. The molecule has 3 amide bonds. The largest absolute Gasteiger partial charge is 0.483 e. The number of hydrogen-bond donors (Lipinski definition) is 1. The first-order chi connectivity index (χ1) is 18.3. The van der Waals surface area contributed by atoms with Gasteiger partial charge in [0.1, 0.15) is 12.2 Å². The number of nitrogens with zero attached hydrogens (tertiary/aromatic N) is 8. The number of likely N-dealkylation sites (tertiary alicyclic amines) is 1. The molecule has 2 aliphatic heterocycles. The molecule has 1 atom stereocenters. The van der Waals surface area contributed by atoms with E-state index in [4.69, 9.17) is 10.00 Å². The smallest absolute Gasteiger partial charge is 0.341 e. The van der Waals surface area contributed by atoms with Crippen LogP contribution in [0.15, 0.2) is 35.8 Å². The third kappa shape index (κ3) is 4.40. The number of amides is 3. The third-order valence-electron chi connectivity index (χ3n) is 6.48. The predicted molar refractivity (Wildman–Crippen MR) is 132 cm³/mol. The Morgan fingerprint density at radius 1 is 1.21 bits per heavy atom. The van der Waals surface area contributed by atoms with Crippen LogP contribution < -0.4 is 10.1 Å². The fourth-order valence-corrected chi connectivity index (χ4v) is 4.51. The number of halogens is 1. The number of urea groups is 1. The molecule has 0 spiro atoms. The number of rotatable bonds is 5. The molecule has 5 heterocycles. The van der Waals surface area contributed by atoms with Gasteiger partial charge in [-0.25, -0.2) is 23.9 Å². The van der Waals surface area contributed by atoms with Gasteiger partial charge in [0.2, 0.25) is 0 Å². The fraction of sp³-hybridized carbons (Fsp3) is 0.320. The highest BCUT2D eigenvalue weighted by Crippen LogP contribution is 2.31. The molecule has 2 aliphatic rings. The summed E-state index contributed by atoms with van der Waals surface area (Å²) < 4.78 is 21.9. The molecule has 0 saturated carbocycles. The van der Waals surface area contributed by atoms with Crippen LogP contribution in [0.3, 0.4) is 0 Å². The van der Waals surface area contributed by atoms with Gasteiger partial charge >= 0.3 is 6.03 Å². The quantitative estimate of drug-likeness (QED) is 0.547. The molecular weight excluding hydrogens is 493 g/mol. The van der Waals surface area contributed by atoms with Gasteiger partial charge < -0.3 is 15.0 Å². The third-order valence-corrected chi connectivity index (χ3v) is 6.48. The minimum Gasteiger partial charge on any atom is -0.483 e. The van der Waals surface area contributed by atoms with E-state index in [1.54, 1.807) is 37.2 Å². The number of nitrogens with one attached hydrogen (secondary N) is 1. The van der Waals surface area contributed by atoms with E-state index in [0.29, 0.717) is 34.8 Å². The monoisotopic (exact) mass is 517 g/mol. The van der Waals surface area contributed by atoms with E-state index in [-0.39, 0.29) is 36.8 Å². The van der Waals surface area contributed by atoms with E-state index >= 15 is 0 Å². The number of hydrogen-bond acceptors (Lipinski definition) is 8. The van der Waals surface area contributed by atoms with E-state index in [1.165, 1.54) is 29.0 Å². The van der Waals surface area contributed by atoms with Crippen molar-refractivity contribution in [3.05, 3.63) is 64.6 Å². The summed E-state index contributed by atoms with van der Waals surface area (Å²) in [6, 6.07) is 4.49. The minimum absolute atomic E-state index is 0.0300. The SMILES string of the molecule is CNC(=O)c1c(C)nn(-c2cc(OC3CN(C(=O)N4N=CC[C@H]4c4cncc(C#N)c4)C3)c(F)cn2)c1C. The molecular formula is C25H24FN9O3. The van der Waals surface area contributed by atoms with Crippen molar-refractivity contribution < 1.29 is 18.7 Å². The predicted octanol–water partition coefficient (Wildman–Crippen LogP) is 2.27. The van der Waals surface area contributed by atoms with Gasteiger partial charge in [-0.15, -0.1) is 0 Å². The zero-order valence-electron chi connectivity index (χ0n) is 20.9. The normalized spacial score (nSPS) is 16.8. The maximum absolute atomic E-state index is 14.6. The second-order valence-corrected chi connectivity index (χ2v) is 8.95. The van der Waals surface area contributed by atoms with E-state index in [2.05, 4.69) is 31.6 Å². The number of carbonyl (C=O) groups excluding carboxylic acids is 2. The molecule has 1 fully saturated rings. The number of pyridine rings is 2. The number of aryl methyl sites for hydroxylation is 1. The van der Waals surface area contributed by atoms with Gasteiger partial charge in [-0.2, -0.15) is 15.5 Å². The van der Waals surface area contributed by atoms with Crippen molar-refractivity contribution in [2.75, 3.05) is 20.1 Å². The molecule has 12 nitrogen and oxygen atoms in total. The first-order valence-electron chi connectivity index (χ1n) is 11.9. The molecule has 0 aliphatic carbocycles. The van der Waals surface area contributed by atoms with Crippen LogP contribution in [-0.4, -0.2) is 74.1 Å². The Kier molecular flexibility index (Phi) is 6.46. The molecule has 0 bridgehead atoms. The average Bonchev–Trinajstić information content (AvgIpc) is 3.50. The van der Waals surface area contributed by atoms with Crippen molar-refractivity contribution in [3.8, 4) is 17.6 Å². The van der Waals surface area contributed by atoms with E-state index in [0.717, 1.165) is 11.8 Å². The second kappa shape index (κ2) is 9.89. The van der Waals surface area contributed by atoms with Gasteiger partial charge in [-0.05, 0) is 25.5 Å². The molecule has 38 heavy (non-hydrogen) atoms. The van der Waals surface area contributed by atoms with Crippen molar-refractivity contribution in [1.82, 2.24) is 35.0 Å². The number of hydrazone groups is 1. The molecule has 3 aromatic heterocycles. The molecule has 13 heteroatoms. The number of carbonyl (C=O) groups is 2. The lowest BCUT2D eigenvalue weighted by Crippen LogP contribution is -2.58. The summed E-state index contributed by atoms with van der Waals surface area (Å²) in [7, 11) is 1.53. The zero-order valence-corrected chi connectivity index (χ0v) is 20.9. The Labute approximate surface area is 217 Å². The highest BCUT2D eigenvalue weighted by atomic mass is 19.1. The molecule has 0 radical (unpaired) electrons. The van der Waals surface area contributed by atoms with Gasteiger partial charge in [0.05, 0.1) is 47.8 Å². The van der Waals surface area contributed by atoms with Crippen LogP contribution in [0.1, 0.15) is 45.3 Å². The lowest BCUT2D eigenvalue weighted by molar-refractivity contribution is 0.0256. The lowest BCUT2D eigenvalue weighted by atomic mass is 10.1. The van der Waals surface area contributed by atoms with Crippen molar-refractivity contribution in [3.63, 3.8) is 0 Å². The van der Waals surface area contributed by atoms with E-state index in [9.17, 15) is 14.0 Å². The van der Waals surface area contributed by atoms with Crippen molar-refractivity contribution in [1.29, 1.82) is 5.26 Å². The molecule has 3 aromatic rings. The van der Waals surface area contributed by atoms with Crippen molar-refractivity contribution in [2.45, 2.75) is 32.4 Å². The summed E-state index contributed by atoms with van der Waals surface area (Å²) in [5, 5.41) is 21.7. The van der Waals surface area contributed by atoms with Crippen LogP contribution in [0.5, 0.6) is 5.75 Å². The molecule has 1 saturated heterocycles. The molecule has 1 N–H and O–H groups in total. The van der Waals surface area contributed by atoms with E-state index in [1.807, 2.05) is 0 Å². The Bertz CT molecular complexity index is 1490. The lowest BCUT2D eigenvalue weighted by Gasteiger charge is -2.41. The Balaban J connectivity index is 1.26. The van der Waals surface area contributed by atoms with Crippen LogP contribution in [0.4, 0.5) is 9.18 Å². The van der Waals surface area contributed by atoms with Crippen LogP contribution >= 0.6 is 0 Å². The van der Waals surface area contributed by atoms with Gasteiger partial charge in [-0.3, -0.25) is 9.78 Å². The Hall–Kier alpha value is -4.86. The highest BCUT2D eigenvalue weighted by Gasteiger charge is 2.39. The first kappa shape index (κ1) is 24.8. The second-order valence-electron chi connectivity index (χ2n) is 8.95. The van der Waals surface area contributed by atoms with E-state index < -0.39 is 11.9 Å². The highest BCUT2D eigenvalue weighted by molar-refractivity contribution is 5.96. The van der Waals surface area contributed by atoms with Crippen LogP contribution in [0, 0.1) is 31.0 Å². The minimum atomic E-state index is -0.652. The first-order valence-corrected chi connectivity index (χ1v) is 11.9. The summed E-state index contributed by atoms with van der Waals surface area (Å²) >= 11 is 0. The Morgan fingerprint density at radius 3 is 2.74 bits per heavy atom. The molecule has 0 aromatic carbocycles. The summed E-state index contributed by atoms with van der Waals surface area (Å²) in [5.74, 6) is -0.659. The van der Waals surface area contributed by atoms with Crippen LogP contribution in [0.2, 0.25) is 0 Å². The van der Waals surface area contributed by atoms with Crippen LogP contribution in [0.25, 0.3) is 5.82 Å². The average molecular weight is 518 g/mol. The van der Waals surface area contributed by atoms with Crippen LogP contribution in [-0.2, 0) is 0 Å². The summed E-state index contributed by atoms with van der Waals surface area (Å²) in [6.45, 7) is 3.92. The number of aromatic nitrogens is 4. The van der Waals surface area contributed by atoms with Crippen molar-refractivity contribution >= 4 is 18.2 Å². The molecule has 5 rings (SSSR count). The number of nitriles is 1. The summed E-state index contributed by atoms with van der Waals surface area (Å²) in [4.78, 5) is 35.0. The maximum Gasteiger partial charge on any atom is 0.341 e. The standard InChI is InChI=1S/C25H24FN9O3/c1-14-23(24(36)28-3)15(2)34(32-14)22-7-21(19(26)11-30-22)38-18-12-33(13-18)25(37)35-20(4-5-31-35)17-6-16(8-27)9-29-10-17/h5-7,9-11,18,20H,4,12-13H2,1-3H3,(H,28,36)/t20-/m0/s1. The summed E-state index contributed by atoms with van der Waals surface area (Å²) in [6.07, 6.45) is 5.84. The molecule has 0 unspecified atom stereocenters. The Morgan fingerprint density at radius 2 is 2.00 bits per heavy atom.